The number of amides is 1. The maximum absolute atomic E-state index is 13.4. The van der Waals surface area contributed by atoms with Gasteiger partial charge in [0.1, 0.15) is 0 Å². The van der Waals surface area contributed by atoms with Gasteiger partial charge in [-0.3, -0.25) is 14.7 Å². The fraction of sp³-hybridized carbons (Fsp3) is 0.370. The van der Waals surface area contributed by atoms with Gasteiger partial charge in [0.25, 0.3) is 5.91 Å². The van der Waals surface area contributed by atoms with Crippen LogP contribution in [0.4, 0.5) is 0 Å². The molecule has 3 aliphatic rings. The van der Waals surface area contributed by atoms with Crippen molar-refractivity contribution in [3.05, 3.63) is 82.8 Å². The Balaban J connectivity index is 1.52. The Morgan fingerprint density at radius 2 is 2.12 bits per heavy atom. The molecule has 0 aromatic carbocycles. The molecule has 6 heteroatoms. The van der Waals surface area contributed by atoms with E-state index in [9.17, 15) is 4.79 Å². The zero-order valence-electron chi connectivity index (χ0n) is 19.6. The van der Waals surface area contributed by atoms with Crippen LogP contribution >= 0.6 is 0 Å². The van der Waals surface area contributed by atoms with Crippen LogP contribution in [-0.2, 0) is 11.2 Å². The molecule has 2 aromatic rings. The lowest BCUT2D eigenvalue weighted by Crippen LogP contribution is -2.28. The molecule has 0 saturated carbocycles. The Labute approximate surface area is 195 Å². The highest BCUT2D eigenvalue weighted by molar-refractivity contribution is 5.98. The Kier molecular flexibility index (Phi) is 5.85. The summed E-state index contributed by atoms with van der Waals surface area (Å²) in [6.45, 7) is 8.17. The summed E-state index contributed by atoms with van der Waals surface area (Å²) in [5.41, 5.74) is 8.23. The Hall–Kier alpha value is -3.25. The average Bonchev–Trinajstić information content (AvgIpc) is 3.24. The fourth-order valence-corrected chi connectivity index (χ4v) is 4.79. The fourth-order valence-electron chi connectivity index (χ4n) is 4.79. The second-order valence-electron chi connectivity index (χ2n) is 9.11. The SMILES string of the molecule is CCCc1nc(C)cn2nc(C3=CC(=O)N4C=C(C5=CCNCC5)C=CC4=CCC3C)cc12. The minimum absolute atomic E-state index is 0.0284. The molecule has 1 amide bonds. The first-order valence-electron chi connectivity index (χ1n) is 11.9. The van der Waals surface area contributed by atoms with Gasteiger partial charge in [0.15, 0.2) is 0 Å². The molecule has 3 aliphatic heterocycles. The predicted octanol–water partition coefficient (Wildman–Crippen LogP) is 4.50. The maximum Gasteiger partial charge on any atom is 0.255 e. The molecular formula is C27H31N5O. The number of carbonyl (C=O) groups excluding carboxylic acids is 1. The van der Waals surface area contributed by atoms with Crippen molar-refractivity contribution in [1.29, 1.82) is 0 Å². The van der Waals surface area contributed by atoms with Gasteiger partial charge in [-0.05, 0) is 67.5 Å². The van der Waals surface area contributed by atoms with E-state index >= 15 is 0 Å². The number of rotatable bonds is 4. The predicted molar refractivity (Wildman–Crippen MR) is 131 cm³/mol. The van der Waals surface area contributed by atoms with E-state index in [4.69, 9.17) is 10.1 Å². The standard InChI is InChI=1S/C27H31N5O/c1-4-5-24-26-15-25(30-32(26)16-19(3)29-24)23-14-27(33)31-17-21(20-10-12-28-13-11-20)7-9-22(31)8-6-18(23)2/h7-10,14-18,28H,4-6,11-13H2,1-3H3. The van der Waals surface area contributed by atoms with Gasteiger partial charge in [0.05, 0.1) is 28.8 Å². The molecule has 0 aliphatic carbocycles. The molecule has 5 heterocycles. The molecule has 1 unspecified atom stereocenters. The largest absolute Gasteiger partial charge is 0.313 e. The quantitative estimate of drug-likeness (QED) is 0.759. The van der Waals surface area contributed by atoms with Gasteiger partial charge < -0.3 is 5.32 Å². The van der Waals surface area contributed by atoms with E-state index in [1.54, 1.807) is 11.0 Å². The molecule has 1 N–H and O–H groups in total. The van der Waals surface area contributed by atoms with Crippen LogP contribution in [0.15, 0.2) is 65.7 Å². The third-order valence-corrected chi connectivity index (χ3v) is 6.58. The Morgan fingerprint density at radius 3 is 2.91 bits per heavy atom. The molecule has 170 valence electrons. The van der Waals surface area contributed by atoms with Crippen LogP contribution in [0.3, 0.4) is 0 Å². The van der Waals surface area contributed by atoms with Crippen molar-refractivity contribution in [3.63, 3.8) is 0 Å². The molecule has 0 fully saturated rings. The van der Waals surface area contributed by atoms with Gasteiger partial charge in [0, 0.05) is 24.5 Å². The number of fused-ring (bicyclic) bond motifs is 2. The van der Waals surface area contributed by atoms with Crippen molar-refractivity contribution >= 4 is 17.0 Å². The normalized spacial score (nSPS) is 21.1. The Morgan fingerprint density at radius 1 is 1.24 bits per heavy atom. The second-order valence-corrected chi connectivity index (χ2v) is 9.11. The van der Waals surface area contributed by atoms with Crippen molar-refractivity contribution in [2.24, 2.45) is 5.92 Å². The number of aromatic nitrogens is 3. The zero-order chi connectivity index (χ0) is 22.9. The van der Waals surface area contributed by atoms with Gasteiger partial charge in [-0.25, -0.2) is 4.52 Å². The first-order chi connectivity index (χ1) is 16.0. The first-order valence-corrected chi connectivity index (χ1v) is 11.9. The van der Waals surface area contributed by atoms with Crippen LogP contribution < -0.4 is 5.32 Å². The van der Waals surface area contributed by atoms with Gasteiger partial charge in [0.2, 0.25) is 0 Å². The molecule has 1 atom stereocenters. The molecule has 0 radical (unpaired) electrons. The molecule has 6 nitrogen and oxygen atoms in total. The number of hydrogen-bond donors (Lipinski definition) is 1. The summed E-state index contributed by atoms with van der Waals surface area (Å²) in [5, 5.41) is 8.21. The monoisotopic (exact) mass is 441 g/mol. The minimum atomic E-state index is -0.0284. The molecule has 0 spiro atoms. The summed E-state index contributed by atoms with van der Waals surface area (Å²) in [5.74, 6) is 0.155. The molecule has 2 aromatic heterocycles. The van der Waals surface area contributed by atoms with Crippen LogP contribution in [0.5, 0.6) is 0 Å². The average molecular weight is 442 g/mol. The van der Waals surface area contributed by atoms with Gasteiger partial charge in [-0.2, -0.15) is 5.10 Å². The Bertz CT molecular complexity index is 1260. The highest BCUT2D eigenvalue weighted by Gasteiger charge is 2.25. The topological polar surface area (TPSA) is 62.5 Å². The van der Waals surface area contributed by atoms with Crippen molar-refractivity contribution in [2.75, 3.05) is 13.1 Å². The van der Waals surface area contributed by atoms with E-state index in [0.29, 0.717) is 0 Å². The highest BCUT2D eigenvalue weighted by atomic mass is 16.2. The number of nitrogens with zero attached hydrogens (tertiary/aromatic N) is 4. The maximum atomic E-state index is 13.4. The van der Waals surface area contributed by atoms with Crippen LogP contribution in [0.1, 0.15) is 50.2 Å². The van der Waals surface area contributed by atoms with E-state index in [-0.39, 0.29) is 11.8 Å². The molecule has 33 heavy (non-hydrogen) atoms. The second kappa shape index (κ2) is 8.94. The number of carbonyl (C=O) groups is 1. The van der Waals surface area contributed by atoms with Gasteiger partial charge in [-0.1, -0.05) is 38.5 Å². The summed E-state index contributed by atoms with van der Waals surface area (Å²) < 4.78 is 1.92. The van der Waals surface area contributed by atoms with Crippen LogP contribution in [0.25, 0.3) is 11.1 Å². The van der Waals surface area contributed by atoms with Crippen LogP contribution in [0, 0.1) is 12.8 Å². The molecular weight excluding hydrogens is 410 g/mol. The van der Waals surface area contributed by atoms with E-state index < -0.39 is 0 Å². The van der Waals surface area contributed by atoms with Crippen molar-refractivity contribution in [1.82, 2.24) is 24.8 Å². The third-order valence-electron chi connectivity index (χ3n) is 6.58. The number of hydrogen-bond acceptors (Lipinski definition) is 4. The summed E-state index contributed by atoms with van der Waals surface area (Å²) in [6.07, 6.45) is 18.1. The van der Waals surface area contributed by atoms with Gasteiger partial charge >= 0.3 is 0 Å². The van der Waals surface area contributed by atoms with Gasteiger partial charge in [-0.15, -0.1) is 0 Å². The van der Waals surface area contributed by atoms with Crippen LogP contribution in [0.2, 0.25) is 0 Å². The van der Waals surface area contributed by atoms with Crippen molar-refractivity contribution in [3.8, 4) is 0 Å². The highest BCUT2D eigenvalue weighted by Crippen LogP contribution is 2.32. The number of nitrogens with one attached hydrogen (secondary N) is 1. The smallest absolute Gasteiger partial charge is 0.255 e. The van der Waals surface area contributed by atoms with Crippen LogP contribution in [-0.4, -0.2) is 38.5 Å². The number of aryl methyl sites for hydroxylation is 2. The van der Waals surface area contributed by atoms with E-state index in [1.807, 2.05) is 23.8 Å². The lowest BCUT2D eigenvalue weighted by Gasteiger charge is -2.28. The van der Waals surface area contributed by atoms with E-state index in [1.165, 1.54) is 5.57 Å². The lowest BCUT2D eigenvalue weighted by molar-refractivity contribution is -0.122. The summed E-state index contributed by atoms with van der Waals surface area (Å²) in [6, 6.07) is 2.09. The molecule has 0 bridgehead atoms. The summed E-state index contributed by atoms with van der Waals surface area (Å²) in [4.78, 5) is 20.0. The third kappa shape index (κ3) is 4.23. The lowest BCUT2D eigenvalue weighted by atomic mass is 9.91. The molecule has 5 rings (SSSR count). The van der Waals surface area contributed by atoms with Crippen molar-refractivity contribution in [2.45, 2.75) is 46.5 Å². The van der Waals surface area contributed by atoms with Crippen molar-refractivity contribution < 1.29 is 4.79 Å². The zero-order valence-corrected chi connectivity index (χ0v) is 19.6. The first kappa shape index (κ1) is 21.6. The van der Waals surface area contributed by atoms with E-state index in [0.717, 1.165) is 78.2 Å². The molecule has 0 saturated heterocycles. The summed E-state index contributed by atoms with van der Waals surface area (Å²) in [7, 11) is 0. The summed E-state index contributed by atoms with van der Waals surface area (Å²) >= 11 is 0. The minimum Gasteiger partial charge on any atom is -0.313 e. The number of allylic oxidation sites excluding steroid dienone is 5. The van der Waals surface area contributed by atoms with E-state index in [2.05, 4.69) is 49.5 Å².